The average Bonchev–Trinajstić information content (AvgIpc) is 3.52. The number of halogens is 2. The molecule has 0 radical (unpaired) electrons. The molecule has 5 rings (SSSR count). The van der Waals surface area contributed by atoms with Gasteiger partial charge in [0.25, 0.3) is 0 Å². The minimum absolute atomic E-state index is 0.0663. The molecule has 10 nitrogen and oxygen atoms in total. The van der Waals surface area contributed by atoms with Gasteiger partial charge in [0.05, 0.1) is 30.7 Å². The molecule has 7 atom stereocenters. The number of rotatable bonds is 7. The van der Waals surface area contributed by atoms with E-state index in [1.807, 2.05) is 0 Å². The number of hydrogen-bond acceptors (Lipinski definition) is 9. The van der Waals surface area contributed by atoms with Crippen molar-refractivity contribution in [3.05, 3.63) is 53.0 Å². The van der Waals surface area contributed by atoms with Gasteiger partial charge in [0.15, 0.2) is 11.6 Å². The molecule has 0 bridgehead atoms. The minimum atomic E-state index is -1.23. The first-order valence-corrected chi connectivity index (χ1v) is 11.8. The number of methoxy groups -OCH3 is 1. The zero-order valence-electron chi connectivity index (χ0n) is 19.8. The third-order valence-corrected chi connectivity index (χ3v) is 7.19. The van der Waals surface area contributed by atoms with E-state index in [0.717, 1.165) is 12.8 Å². The summed E-state index contributed by atoms with van der Waals surface area (Å²) in [7, 11) is 1.45. The third kappa shape index (κ3) is 4.33. The van der Waals surface area contributed by atoms with Crippen LogP contribution in [0.3, 0.4) is 0 Å². The molecule has 12 heteroatoms. The van der Waals surface area contributed by atoms with Crippen molar-refractivity contribution in [2.45, 2.75) is 68.7 Å². The van der Waals surface area contributed by atoms with Crippen LogP contribution < -0.4 is 0 Å². The van der Waals surface area contributed by atoms with Crippen LogP contribution in [-0.4, -0.2) is 79.7 Å². The van der Waals surface area contributed by atoms with Crippen LogP contribution in [0.4, 0.5) is 8.78 Å². The monoisotopic (exact) mass is 506 g/mol. The predicted octanol–water partition coefficient (Wildman–Crippen LogP) is 1.68. The molecule has 3 aromatic rings. The van der Waals surface area contributed by atoms with Crippen LogP contribution in [0.25, 0.3) is 11.3 Å². The van der Waals surface area contributed by atoms with E-state index >= 15 is 0 Å². The van der Waals surface area contributed by atoms with E-state index in [1.54, 1.807) is 6.07 Å². The number of aliphatic hydroxyl groups excluding tert-OH is 3. The zero-order chi connectivity index (χ0) is 25.6. The van der Waals surface area contributed by atoms with Gasteiger partial charge in [0.1, 0.15) is 35.8 Å². The molecular weight excluding hydrogens is 478 g/mol. The van der Waals surface area contributed by atoms with E-state index in [-0.39, 0.29) is 29.2 Å². The predicted molar refractivity (Wildman–Crippen MR) is 120 cm³/mol. The second-order valence-corrected chi connectivity index (χ2v) is 9.39. The molecule has 3 N–H and O–H groups in total. The van der Waals surface area contributed by atoms with E-state index in [2.05, 4.69) is 15.5 Å². The quantitative estimate of drug-likeness (QED) is 0.437. The van der Waals surface area contributed by atoms with Crippen molar-refractivity contribution in [2.24, 2.45) is 0 Å². The lowest BCUT2D eigenvalue weighted by Gasteiger charge is -2.43. The second kappa shape index (κ2) is 9.94. The summed E-state index contributed by atoms with van der Waals surface area (Å²) >= 11 is 0. The van der Waals surface area contributed by atoms with Crippen LogP contribution in [-0.2, 0) is 15.9 Å². The molecule has 1 saturated heterocycles. The lowest BCUT2D eigenvalue weighted by Crippen LogP contribution is -2.57. The Labute approximate surface area is 205 Å². The first kappa shape index (κ1) is 24.9. The molecule has 36 heavy (non-hydrogen) atoms. The Kier molecular flexibility index (Phi) is 6.88. The average molecular weight is 507 g/mol. The lowest BCUT2D eigenvalue weighted by atomic mass is 9.80. The lowest BCUT2D eigenvalue weighted by molar-refractivity contribution is -0.212. The van der Waals surface area contributed by atoms with Crippen molar-refractivity contribution in [1.29, 1.82) is 0 Å². The molecular formula is C24H28F2N4O6. The normalized spacial score (nSPS) is 30.4. The molecule has 0 amide bonds. The highest BCUT2D eigenvalue weighted by atomic mass is 19.2. The van der Waals surface area contributed by atoms with E-state index in [4.69, 9.17) is 14.0 Å². The SMILES string of the molecule is CO[C@@H]1[C@@H](n2cc(-c3ccc(C)c(F)c3F)nn2)[C@@H](O)[C@@H](CO)O[C@@H]1Cc1cc([C@H]2CC[C@@H]2O)on1. The maximum atomic E-state index is 14.5. The second-order valence-electron chi connectivity index (χ2n) is 9.39. The molecule has 1 aromatic carbocycles. The van der Waals surface area contributed by atoms with Crippen LogP contribution in [0.5, 0.6) is 0 Å². The van der Waals surface area contributed by atoms with Gasteiger partial charge in [-0.2, -0.15) is 0 Å². The maximum absolute atomic E-state index is 14.5. The van der Waals surface area contributed by atoms with Crippen LogP contribution in [0.2, 0.25) is 0 Å². The molecule has 2 aromatic heterocycles. The summed E-state index contributed by atoms with van der Waals surface area (Å²) < 4.78 is 47.0. The van der Waals surface area contributed by atoms with E-state index in [0.29, 0.717) is 11.5 Å². The van der Waals surface area contributed by atoms with Gasteiger partial charge in [-0.25, -0.2) is 13.5 Å². The number of hydrogen-bond donors (Lipinski definition) is 3. The van der Waals surface area contributed by atoms with Gasteiger partial charge < -0.3 is 29.3 Å². The van der Waals surface area contributed by atoms with Crippen molar-refractivity contribution in [1.82, 2.24) is 20.2 Å². The van der Waals surface area contributed by atoms with Crippen LogP contribution in [0.1, 0.15) is 41.8 Å². The Hall–Kier alpha value is -2.77. The number of benzene rings is 1. The maximum Gasteiger partial charge on any atom is 0.168 e. The van der Waals surface area contributed by atoms with Crippen LogP contribution >= 0.6 is 0 Å². The van der Waals surface area contributed by atoms with Crippen molar-refractivity contribution in [2.75, 3.05) is 13.7 Å². The van der Waals surface area contributed by atoms with Crippen molar-refractivity contribution >= 4 is 0 Å². The molecule has 0 unspecified atom stereocenters. The van der Waals surface area contributed by atoms with Crippen molar-refractivity contribution in [3.8, 4) is 11.3 Å². The minimum Gasteiger partial charge on any atom is -0.394 e. The number of aryl methyl sites for hydroxylation is 1. The fraction of sp³-hybridized carbons (Fsp3) is 0.542. The Morgan fingerprint density at radius 2 is 1.97 bits per heavy atom. The molecule has 3 heterocycles. The van der Waals surface area contributed by atoms with Gasteiger partial charge in [-0.3, -0.25) is 0 Å². The third-order valence-electron chi connectivity index (χ3n) is 7.19. The summed E-state index contributed by atoms with van der Waals surface area (Å²) in [5, 5.41) is 42.9. The number of ether oxygens (including phenoxy) is 2. The molecule has 2 fully saturated rings. The van der Waals surface area contributed by atoms with E-state index in [9.17, 15) is 24.1 Å². The highest BCUT2D eigenvalue weighted by Crippen LogP contribution is 2.38. The largest absolute Gasteiger partial charge is 0.394 e. The number of aliphatic hydroxyl groups is 3. The molecule has 1 aliphatic carbocycles. The number of nitrogens with zero attached hydrogens (tertiary/aromatic N) is 4. The van der Waals surface area contributed by atoms with Gasteiger partial charge in [-0.05, 0) is 31.4 Å². The number of aromatic nitrogens is 4. The summed E-state index contributed by atoms with van der Waals surface area (Å²) in [4.78, 5) is 0. The van der Waals surface area contributed by atoms with Crippen LogP contribution in [0.15, 0.2) is 28.9 Å². The van der Waals surface area contributed by atoms with Gasteiger partial charge in [0, 0.05) is 31.1 Å². The summed E-state index contributed by atoms with van der Waals surface area (Å²) in [5.41, 5.74) is 0.750. The van der Waals surface area contributed by atoms with Gasteiger partial charge in [0.2, 0.25) is 0 Å². The standard InChI is InChI=1S/C24H28F2N4O6/c1-11-3-4-13(21(26)20(11)25)15-9-30(29-27-15)22-23(33)19(10-31)35-18(24(22)34-2)8-12-7-17(36-28-12)14-5-6-16(14)32/h3-4,7,9,14,16,18-19,22-24,31-33H,5-6,8,10H2,1-2H3/t14-,16-,18+,19+,22-,23-,24-/m0/s1. The Morgan fingerprint density at radius 3 is 2.64 bits per heavy atom. The van der Waals surface area contributed by atoms with Crippen molar-refractivity contribution < 1.29 is 38.1 Å². The van der Waals surface area contributed by atoms with E-state index in [1.165, 1.54) is 37.0 Å². The summed E-state index contributed by atoms with van der Waals surface area (Å²) in [6.07, 6.45) is -0.893. The Morgan fingerprint density at radius 1 is 1.17 bits per heavy atom. The summed E-state index contributed by atoms with van der Waals surface area (Å²) in [6, 6.07) is 3.77. The molecule has 194 valence electrons. The fourth-order valence-corrected chi connectivity index (χ4v) is 4.94. The summed E-state index contributed by atoms with van der Waals surface area (Å²) in [5.74, 6) is -1.50. The van der Waals surface area contributed by atoms with Gasteiger partial charge in [-0.1, -0.05) is 16.4 Å². The topological polar surface area (TPSA) is 136 Å². The van der Waals surface area contributed by atoms with Gasteiger partial charge >= 0.3 is 0 Å². The molecule has 2 aliphatic rings. The first-order valence-electron chi connectivity index (χ1n) is 11.8. The molecule has 1 aliphatic heterocycles. The Balaban J connectivity index is 1.42. The summed E-state index contributed by atoms with van der Waals surface area (Å²) in [6.45, 7) is 0.990. The molecule has 1 saturated carbocycles. The van der Waals surface area contributed by atoms with Crippen LogP contribution in [0, 0.1) is 18.6 Å². The molecule has 0 spiro atoms. The first-order chi connectivity index (χ1) is 17.3. The smallest absolute Gasteiger partial charge is 0.168 e. The Bertz CT molecular complexity index is 1220. The van der Waals surface area contributed by atoms with Gasteiger partial charge in [-0.15, -0.1) is 5.10 Å². The highest BCUT2D eigenvalue weighted by molar-refractivity contribution is 5.59. The van der Waals surface area contributed by atoms with E-state index < -0.39 is 54.8 Å². The van der Waals surface area contributed by atoms with Crippen molar-refractivity contribution in [3.63, 3.8) is 0 Å². The fourth-order valence-electron chi connectivity index (χ4n) is 4.94. The highest BCUT2D eigenvalue weighted by Gasteiger charge is 2.47. The zero-order valence-corrected chi connectivity index (χ0v) is 19.8.